The fourth-order valence-electron chi connectivity index (χ4n) is 1.46. The maximum atomic E-state index is 12.3. The van der Waals surface area contributed by atoms with E-state index in [0.29, 0.717) is 4.90 Å². The van der Waals surface area contributed by atoms with Gasteiger partial charge in [-0.15, -0.1) is 0 Å². The van der Waals surface area contributed by atoms with E-state index in [9.17, 15) is 26.4 Å². The van der Waals surface area contributed by atoms with E-state index < -0.39 is 39.1 Å². The quantitative estimate of drug-likeness (QED) is 0.893. The summed E-state index contributed by atoms with van der Waals surface area (Å²) < 4.78 is 59.3. The molecule has 1 aromatic rings. The Balaban J connectivity index is 3.28. The topological polar surface area (TPSA) is 80.5 Å². The Labute approximate surface area is 128 Å². The maximum Gasteiger partial charge on any atom is 0.406 e. The number of rotatable bonds is 3. The number of hydrogen-bond acceptors (Lipinski definition) is 3. The molecule has 11 heteroatoms. The van der Waals surface area contributed by atoms with Gasteiger partial charge in [-0.3, -0.25) is 4.79 Å². The van der Waals surface area contributed by atoms with Crippen LogP contribution < -0.4 is 5.14 Å². The third kappa shape index (κ3) is 4.73. The van der Waals surface area contributed by atoms with Crippen LogP contribution in [0.4, 0.5) is 13.2 Å². The van der Waals surface area contributed by atoms with Gasteiger partial charge in [-0.1, -0.05) is 23.2 Å². The molecule has 1 amide bonds. The number of nitrogens with two attached hydrogens (primary N) is 1. The van der Waals surface area contributed by atoms with Gasteiger partial charge in [0.25, 0.3) is 5.91 Å². The number of alkyl halides is 3. The standard InChI is InChI=1S/C10H9Cl2F3N2O3S/c1-17(4-10(13,14)15)9(18)5-2-8(21(16,19)20)7(12)3-6(5)11/h2-3H,4H2,1H3,(H2,16,19,20). The number of amides is 1. The highest BCUT2D eigenvalue weighted by Crippen LogP contribution is 2.29. The maximum absolute atomic E-state index is 12.3. The number of sulfonamides is 1. The lowest BCUT2D eigenvalue weighted by Gasteiger charge is -2.20. The summed E-state index contributed by atoms with van der Waals surface area (Å²) in [6.45, 7) is -1.52. The minimum absolute atomic E-state index is 0.286. The molecule has 118 valence electrons. The molecule has 0 atom stereocenters. The average Bonchev–Trinajstić information content (AvgIpc) is 2.23. The van der Waals surface area contributed by atoms with Crippen molar-refractivity contribution in [1.29, 1.82) is 0 Å². The summed E-state index contributed by atoms with van der Waals surface area (Å²) in [5.74, 6) is -1.11. The minimum atomic E-state index is -4.61. The first-order valence-corrected chi connectivity index (χ1v) is 7.47. The summed E-state index contributed by atoms with van der Waals surface area (Å²) in [6, 6.07) is 1.67. The fourth-order valence-corrected chi connectivity index (χ4v) is 2.86. The van der Waals surface area contributed by atoms with Crippen molar-refractivity contribution in [2.75, 3.05) is 13.6 Å². The lowest BCUT2D eigenvalue weighted by molar-refractivity contribution is -0.138. The van der Waals surface area contributed by atoms with Gasteiger partial charge in [0.2, 0.25) is 10.0 Å². The van der Waals surface area contributed by atoms with Crippen molar-refractivity contribution >= 4 is 39.1 Å². The molecule has 0 bridgehead atoms. The summed E-state index contributed by atoms with van der Waals surface area (Å²) in [6.07, 6.45) is -4.61. The Morgan fingerprint density at radius 1 is 1.29 bits per heavy atom. The van der Waals surface area contributed by atoms with E-state index in [0.717, 1.165) is 19.2 Å². The molecule has 1 rings (SSSR count). The van der Waals surface area contributed by atoms with Gasteiger partial charge >= 0.3 is 6.18 Å². The molecule has 0 aliphatic carbocycles. The molecular formula is C10H9Cl2F3N2O3S. The van der Waals surface area contributed by atoms with E-state index in [1.807, 2.05) is 0 Å². The molecule has 21 heavy (non-hydrogen) atoms. The molecule has 0 saturated heterocycles. The molecule has 0 unspecified atom stereocenters. The van der Waals surface area contributed by atoms with E-state index in [1.54, 1.807) is 0 Å². The molecule has 1 aromatic carbocycles. The zero-order valence-corrected chi connectivity index (χ0v) is 12.7. The molecule has 2 N–H and O–H groups in total. The Bertz CT molecular complexity index is 677. The van der Waals surface area contributed by atoms with Crippen LogP contribution in [-0.2, 0) is 10.0 Å². The zero-order valence-electron chi connectivity index (χ0n) is 10.4. The van der Waals surface area contributed by atoms with Crippen molar-refractivity contribution in [3.05, 3.63) is 27.7 Å². The van der Waals surface area contributed by atoms with Crippen LogP contribution in [0, 0.1) is 0 Å². The average molecular weight is 365 g/mol. The zero-order chi connectivity index (χ0) is 16.6. The van der Waals surface area contributed by atoms with Crippen LogP contribution in [0.2, 0.25) is 10.0 Å². The number of nitrogens with zero attached hydrogens (tertiary/aromatic N) is 1. The van der Waals surface area contributed by atoms with Crippen LogP contribution in [0.15, 0.2) is 17.0 Å². The van der Waals surface area contributed by atoms with Crippen molar-refractivity contribution < 1.29 is 26.4 Å². The molecule has 5 nitrogen and oxygen atoms in total. The number of primary sulfonamides is 1. The van der Waals surface area contributed by atoms with Crippen molar-refractivity contribution in [2.45, 2.75) is 11.1 Å². The van der Waals surface area contributed by atoms with Gasteiger partial charge in [0, 0.05) is 7.05 Å². The highest BCUT2D eigenvalue weighted by Gasteiger charge is 2.32. The molecular weight excluding hydrogens is 356 g/mol. The Hall–Kier alpha value is -1.03. The number of carbonyl (C=O) groups is 1. The van der Waals surface area contributed by atoms with E-state index >= 15 is 0 Å². The Morgan fingerprint density at radius 2 is 1.81 bits per heavy atom. The van der Waals surface area contributed by atoms with E-state index in [1.165, 1.54) is 0 Å². The molecule has 0 radical (unpaired) electrons. The van der Waals surface area contributed by atoms with E-state index in [4.69, 9.17) is 28.3 Å². The van der Waals surface area contributed by atoms with Crippen LogP contribution in [-0.4, -0.2) is 39.0 Å². The van der Waals surface area contributed by atoms with Gasteiger partial charge in [0.15, 0.2) is 0 Å². The second kappa shape index (κ2) is 5.99. The van der Waals surface area contributed by atoms with Gasteiger partial charge < -0.3 is 4.90 Å². The van der Waals surface area contributed by atoms with Gasteiger partial charge in [-0.2, -0.15) is 13.2 Å². The largest absolute Gasteiger partial charge is 0.406 e. The summed E-state index contributed by atoms with van der Waals surface area (Å²) in [4.78, 5) is 11.6. The second-order valence-electron chi connectivity index (χ2n) is 4.08. The SMILES string of the molecule is CN(CC(F)(F)F)C(=O)c1cc(S(N)(=O)=O)c(Cl)cc1Cl. The summed E-state index contributed by atoms with van der Waals surface area (Å²) in [7, 11) is -3.35. The molecule has 0 saturated carbocycles. The first-order chi connectivity index (χ1) is 9.33. The Morgan fingerprint density at radius 3 is 2.24 bits per heavy atom. The van der Waals surface area contributed by atoms with Gasteiger partial charge in [-0.05, 0) is 12.1 Å². The molecule has 0 spiro atoms. The lowest BCUT2D eigenvalue weighted by atomic mass is 10.2. The first-order valence-electron chi connectivity index (χ1n) is 5.17. The third-order valence-electron chi connectivity index (χ3n) is 2.32. The fraction of sp³-hybridized carbons (Fsp3) is 0.300. The lowest BCUT2D eigenvalue weighted by Crippen LogP contribution is -2.36. The normalized spacial score (nSPS) is 12.3. The number of hydrogen-bond donors (Lipinski definition) is 1. The van der Waals surface area contributed by atoms with Crippen LogP contribution in [0.3, 0.4) is 0 Å². The summed E-state index contributed by atoms with van der Waals surface area (Å²) >= 11 is 11.3. The second-order valence-corrected chi connectivity index (χ2v) is 6.43. The smallest absolute Gasteiger partial charge is 0.333 e. The minimum Gasteiger partial charge on any atom is -0.333 e. The highest BCUT2D eigenvalue weighted by atomic mass is 35.5. The highest BCUT2D eigenvalue weighted by molar-refractivity contribution is 7.89. The Kier molecular flexibility index (Phi) is 5.14. The van der Waals surface area contributed by atoms with Gasteiger partial charge in [0.05, 0.1) is 15.6 Å². The molecule has 0 fully saturated rings. The predicted octanol–water partition coefficient (Wildman–Crippen LogP) is 2.28. The number of benzene rings is 1. The van der Waals surface area contributed by atoms with E-state index in [2.05, 4.69) is 0 Å². The van der Waals surface area contributed by atoms with Crippen LogP contribution in [0.25, 0.3) is 0 Å². The van der Waals surface area contributed by atoms with E-state index in [-0.39, 0.29) is 10.0 Å². The van der Waals surface area contributed by atoms with Crippen molar-refractivity contribution in [2.24, 2.45) is 5.14 Å². The van der Waals surface area contributed by atoms with Crippen molar-refractivity contribution in [3.8, 4) is 0 Å². The van der Waals surface area contributed by atoms with Crippen molar-refractivity contribution in [1.82, 2.24) is 4.90 Å². The molecule has 0 aromatic heterocycles. The monoisotopic (exact) mass is 364 g/mol. The summed E-state index contributed by atoms with van der Waals surface area (Å²) in [5.41, 5.74) is -0.447. The molecule has 0 aliphatic heterocycles. The molecule has 0 heterocycles. The first kappa shape index (κ1) is 18.0. The van der Waals surface area contributed by atoms with Crippen molar-refractivity contribution in [3.63, 3.8) is 0 Å². The van der Waals surface area contributed by atoms with Crippen LogP contribution in [0.5, 0.6) is 0 Å². The number of carbonyl (C=O) groups excluding carboxylic acids is 1. The predicted molar refractivity (Wildman–Crippen MR) is 70.9 cm³/mol. The van der Waals surface area contributed by atoms with Gasteiger partial charge in [0.1, 0.15) is 11.4 Å². The third-order valence-corrected chi connectivity index (χ3v) is 4.01. The van der Waals surface area contributed by atoms with Crippen LogP contribution >= 0.6 is 23.2 Å². The molecule has 0 aliphatic rings. The van der Waals surface area contributed by atoms with Crippen LogP contribution in [0.1, 0.15) is 10.4 Å². The van der Waals surface area contributed by atoms with Gasteiger partial charge in [-0.25, -0.2) is 13.6 Å². The summed E-state index contributed by atoms with van der Waals surface area (Å²) in [5, 5.41) is 4.27. The number of halogens is 5.